The van der Waals surface area contributed by atoms with Crippen molar-refractivity contribution >= 4 is 29.3 Å². The van der Waals surface area contributed by atoms with Crippen molar-refractivity contribution in [2.24, 2.45) is 0 Å². The van der Waals surface area contributed by atoms with E-state index < -0.39 is 0 Å². The van der Waals surface area contributed by atoms with Crippen molar-refractivity contribution in [3.8, 4) is 5.75 Å². The first-order chi connectivity index (χ1) is 14.6. The van der Waals surface area contributed by atoms with E-state index in [1.54, 1.807) is 25.5 Å². The molecule has 4 rings (SSSR count). The third-order valence-electron chi connectivity index (χ3n) is 5.48. The number of carbonyl (C=O) groups is 2. The topological polar surface area (TPSA) is 71.5 Å². The highest BCUT2D eigenvalue weighted by Crippen LogP contribution is 2.30. The summed E-state index contributed by atoms with van der Waals surface area (Å²) in [4.78, 5) is 30.3. The van der Waals surface area contributed by atoms with Gasteiger partial charge in [-0.05, 0) is 54.2 Å². The number of benzene rings is 1. The van der Waals surface area contributed by atoms with Crippen molar-refractivity contribution < 1.29 is 14.3 Å². The summed E-state index contributed by atoms with van der Waals surface area (Å²) in [5.74, 6) is 1.46. The summed E-state index contributed by atoms with van der Waals surface area (Å²) < 4.78 is 5.49. The summed E-state index contributed by atoms with van der Waals surface area (Å²) in [6.07, 6.45) is 10.2. The number of anilines is 1. The average Bonchev–Trinajstić information content (AvgIpc) is 3.03. The third-order valence-corrected chi connectivity index (χ3v) is 5.48. The maximum absolute atomic E-state index is 12.7. The van der Waals surface area contributed by atoms with E-state index in [1.165, 1.54) is 5.57 Å². The summed E-state index contributed by atoms with van der Waals surface area (Å²) >= 11 is 0. The van der Waals surface area contributed by atoms with Crippen LogP contribution in [0.25, 0.3) is 11.6 Å². The molecule has 2 amide bonds. The molecule has 6 heteroatoms. The number of rotatable bonds is 4. The van der Waals surface area contributed by atoms with Crippen molar-refractivity contribution in [2.45, 2.75) is 25.7 Å². The molecular weight excluding hydrogens is 378 g/mol. The van der Waals surface area contributed by atoms with Gasteiger partial charge in [-0.2, -0.15) is 0 Å². The molecule has 0 spiro atoms. The number of aryl methyl sites for hydroxylation is 1. The maximum Gasteiger partial charge on any atom is 0.246 e. The molecule has 0 saturated carbocycles. The van der Waals surface area contributed by atoms with Crippen LogP contribution in [-0.4, -0.2) is 41.9 Å². The zero-order chi connectivity index (χ0) is 20.9. The molecule has 0 saturated heterocycles. The number of nitrogens with zero attached hydrogens (tertiary/aromatic N) is 2. The van der Waals surface area contributed by atoms with Gasteiger partial charge in [0.2, 0.25) is 11.8 Å². The highest BCUT2D eigenvalue weighted by molar-refractivity contribution is 5.94. The van der Waals surface area contributed by atoms with Crippen molar-refractivity contribution in [2.75, 3.05) is 25.5 Å². The molecule has 6 nitrogen and oxygen atoms in total. The Balaban J connectivity index is 1.44. The Kier molecular flexibility index (Phi) is 5.93. The SMILES string of the molecule is COc1ccccc1C1=CCN(C(=O)C=Cc2cnc3c(c2)CCC(=O)N3)CCC1. The van der Waals surface area contributed by atoms with Crippen LogP contribution in [0.2, 0.25) is 0 Å². The van der Waals surface area contributed by atoms with Crippen molar-refractivity contribution in [1.29, 1.82) is 0 Å². The summed E-state index contributed by atoms with van der Waals surface area (Å²) in [5, 5.41) is 2.77. The molecule has 0 aliphatic carbocycles. The fourth-order valence-corrected chi connectivity index (χ4v) is 3.87. The second-order valence-electron chi connectivity index (χ2n) is 7.48. The minimum atomic E-state index is -0.0152. The maximum atomic E-state index is 12.7. The van der Waals surface area contributed by atoms with E-state index in [0.717, 1.165) is 35.3 Å². The second kappa shape index (κ2) is 8.95. The Bertz CT molecular complexity index is 1030. The number of methoxy groups -OCH3 is 1. The first kappa shape index (κ1) is 19.9. The van der Waals surface area contributed by atoms with Gasteiger partial charge in [-0.15, -0.1) is 0 Å². The van der Waals surface area contributed by atoms with Gasteiger partial charge in [0.1, 0.15) is 11.6 Å². The number of amides is 2. The van der Waals surface area contributed by atoms with Gasteiger partial charge in [0.15, 0.2) is 0 Å². The quantitative estimate of drug-likeness (QED) is 0.791. The lowest BCUT2D eigenvalue weighted by molar-refractivity contribution is -0.125. The lowest BCUT2D eigenvalue weighted by atomic mass is 10.0. The van der Waals surface area contributed by atoms with Gasteiger partial charge < -0.3 is 15.0 Å². The van der Waals surface area contributed by atoms with Crippen molar-refractivity contribution in [1.82, 2.24) is 9.88 Å². The predicted octanol–water partition coefficient (Wildman–Crippen LogP) is 3.69. The van der Waals surface area contributed by atoms with Crippen LogP contribution in [0.3, 0.4) is 0 Å². The van der Waals surface area contributed by atoms with Crippen LogP contribution in [0, 0.1) is 0 Å². The minimum Gasteiger partial charge on any atom is -0.496 e. The average molecular weight is 403 g/mol. The van der Waals surface area contributed by atoms with Crippen molar-refractivity contribution in [3.63, 3.8) is 0 Å². The number of allylic oxidation sites excluding steroid dienone is 1. The van der Waals surface area contributed by atoms with Gasteiger partial charge in [-0.3, -0.25) is 9.59 Å². The molecule has 30 heavy (non-hydrogen) atoms. The van der Waals surface area contributed by atoms with E-state index in [2.05, 4.69) is 22.4 Å². The van der Waals surface area contributed by atoms with Crippen LogP contribution in [0.1, 0.15) is 36.0 Å². The van der Waals surface area contributed by atoms with Gasteiger partial charge in [-0.25, -0.2) is 4.98 Å². The van der Waals surface area contributed by atoms with Gasteiger partial charge in [0.05, 0.1) is 7.11 Å². The highest BCUT2D eigenvalue weighted by atomic mass is 16.5. The summed E-state index contributed by atoms with van der Waals surface area (Å²) in [6, 6.07) is 9.98. The smallest absolute Gasteiger partial charge is 0.246 e. The minimum absolute atomic E-state index is 0.00446. The molecule has 0 unspecified atom stereocenters. The Hall–Kier alpha value is -3.41. The van der Waals surface area contributed by atoms with Gasteiger partial charge in [0, 0.05) is 37.3 Å². The molecule has 1 aromatic heterocycles. The number of aromatic nitrogens is 1. The van der Waals surface area contributed by atoms with Crippen molar-refractivity contribution in [3.05, 3.63) is 65.4 Å². The van der Waals surface area contributed by atoms with E-state index in [4.69, 9.17) is 4.74 Å². The lowest BCUT2D eigenvalue weighted by Crippen LogP contribution is -2.29. The van der Waals surface area contributed by atoms with E-state index in [1.807, 2.05) is 29.2 Å². The number of hydrogen-bond donors (Lipinski definition) is 1. The Morgan fingerprint density at radius 2 is 2.10 bits per heavy atom. The zero-order valence-corrected chi connectivity index (χ0v) is 17.1. The van der Waals surface area contributed by atoms with E-state index in [-0.39, 0.29) is 11.8 Å². The normalized spacial score (nSPS) is 16.5. The van der Waals surface area contributed by atoms with Crippen LogP contribution in [0.4, 0.5) is 5.82 Å². The first-order valence-electron chi connectivity index (χ1n) is 10.2. The predicted molar refractivity (Wildman–Crippen MR) is 117 cm³/mol. The molecule has 2 aliphatic rings. The summed E-state index contributed by atoms with van der Waals surface area (Å²) in [7, 11) is 1.68. The summed E-state index contributed by atoms with van der Waals surface area (Å²) in [6.45, 7) is 1.29. The van der Waals surface area contributed by atoms with Gasteiger partial charge in [-0.1, -0.05) is 24.3 Å². The van der Waals surface area contributed by atoms with Crippen LogP contribution in [0.15, 0.2) is 48.7 Å². The third kappa shape index (κ3) is 4.43. The Morgan fingerprint density at radius 1 is 1.23 bits per heavy atom. The molecule has 0 radical (unpaired) electrons. The molecule has 0 atom stereocenters. The molecule has 0 fully saturated rings. The number of ether oxygens (including phenoxy) is 1. The van der Waals surface area contributed by atoms with E-state index >= 15 is 0 Å². The van der Waals surface area contributed by atoms with Crippen LogP contribution in [-0.2, 0) is 16.0 Å². The number of pyridine rings is 1. The lowest BCUT2D eigenvalue weighted by Gasteiger charge is -2.17. The van der Waals surface area contributed by atoms with E-state index in [0.29, 0.717) is 31.7 Å². The standard InChI is InChI=1S/C24H25N3O3/c1-30-21-7-3-2-6-20(21)18-5-4-13-27(14-12-18)23(29)11-8-17-15-19-9-10-22(28)26-24(19)25-16-17/h2-3,6-8,11-12,15-16H,4-5,9-10,13-14H2,1H3,(H,25,26,28). The molecule has 1 aromatic carbocycles. The van der Waals surface area contributed by atoms with Crippen LogP contribution < -0.4 is 10.1 Å². The fraction of sp³-hybridized carbons (Fsp3) is 0.292. The molecule has 1 N–H and O–H groups in total. The molecule has 2 aromatic rings. The molecule has 2 aliphatic heterocycles. The van der Waals surface area contributed by atoms with Crippen LogP contribution >= 0.6 is 0 Å². The summed E-state index contributed by atoms with van der Waals surface area (Å²) in [5.41, 5.74) is 4.17. The zero-order valence-electron chi connectivity index (χ0n) is 17.1. The largest absolute Gasteiger partial charge is 0.496 e. The number of nitrogens with one attached hydrogen (secondary N) is 1. The van der Waals surface area contributed by atoms with Gasteiger partial charge >= 0.3 is 0 Å². The Labute approximate surface area is 176 Å². The number of para-hydroxylation sites is 1. The fourth-order valence-electron chi connectivity index (χ4n) is 3.87. The molecular formula is C24H25N3O3. The highest BCUT2D eigenvalue weighted by Gasteiger charge is 2.17. The number of fused-ring (bicyclic) bond motifs is 1. The molecule has 154 valence electrons. The first-order valence-corrected chi connectivity index (χ1v) is 10.2. The second-order valence-corrected chi connectivity index (χ2v) is 7.48. The van der Waals surface area contributed by atoms with E-state index in [9.17, 15) is 9.59 Å². The van der Waals surface area contributed by atoms with Gasteiger partial charge in [0.25, 0.3) is 0 Å². The van der Waals surface area contributed by atoms with Crippen LogP contribution in [0.5, 0.6) is 5.75 Å². The monoisotopic (exact) mass is 403 g/mol. The molecule has 3 heterocycles. The number of carbonyl (C=O) groups excluding carboxylic acids is 2. The molecule has 0 bridgehead atoms. The Morgan fingerprint density at radius 3 is 2.97 bits per heavy atom. The number of hydrogen-bond acceptors (Lipinski definition) is 4.